The van der Waals surface area contributed by atoms with Gasteiger partial charge in [0.05, 0.1) is 20.8 Å². The van der Waals surface area contributed by atoms with E-state index in [-0.39, 0.29) is 0 Å². The number of hydrogen-bond donors (Lipinski definition) is 0. The second-order valence-electron chi connectivity index (χ2n) is 7.59. The lowest BCUT2D eigenvalue weighted by atomic mass is 9.98. The molecular formula is C26H29NO4. The Morgan fingerprint density at radius 1 is 0.806 bits per heavy atom. The van der Waals surface area contributed by atoms with Gasteiger partial charge in [-0.25, -0.2) is 0 Å². The van der Waals surface area contributed by atoms with Gasteiger partial charge in [0.1, 0.15) is 17.2 Å². The van der Waals surface area contributed by atoms with E-state index in [0.717, 1.165) is 54.8 Å². The van der Waals surface area contributed by atoms with Crippen molar-refractivity contribution in [3.05, 3.63) is 77.4 Å². The lowest BCUT2D eigenvalue weighted by molar-refractivity contribution is 0.244. The summed E-state index contributed by atoms with van der Waals surface area (Å²) >= 11 is 0. The quantitative estimate of drug-likeness (QED) is 0.485. The van der Waals surface area contributed by atoms with Crippen LogP contribution >= 0.6 is 0 Å². The molecule has 3 aromatic rings. The molecule has 1 aliphatic rings. The molecule has 3 aromatic carbocycles. The second-order valence-corrected chi connectivity index (χ2v) is 7.59. The van der Waals surface area contributed by atoms with Crippen LogP contribution in [0.1, 0.15) is 23.6 Å². The van der Waals surface area contributed by atoms with Crippen LogP contribution in [0.2, 0.25) is 0 Å². The Balaban J connectivity index is 1.42. The highest BCUT2D eigenvalue weighted by atomic mass is 16.5. The number of rotatable bonds is 8. The SMILES string of the molecule is CCOc1ccc(Oc2cccc(CN3CCc4cc(OC)c(OC)cc4C3)c2)cc1. The zero-order valence-electron chi connectivity index (χ0n) is 18.4. The maximum Gasteiger partial charge on any atom is 0.161 e. The van der Waals surface area contributed by atoms with Crippen molar-refractivity contribution < 1.29 is 18.9 Å². The molecular weight excluding hydrogens is 390 g/mol. The molecule has 0 saturated carbocycles. The van der Waals surface area contributed by atoms with E-state index in [2.05, 4.69) is 29.2 Å². The minimum Gasteiger partial charge on any atom is -0.494 e. The van der Waals surface area contributed by atoms with Crippen LogP contribution in [0.15, 0.2) is 60.7 Å². The monoisotopic (exact) mass is 419 g/mol. The van der Waals surface area contributed by atoms with Crippen molar-refractivity contribution in [2.45, 2.75) is 26.4 Å². The number of nitrogens with zero attached hydrogens (tertiary/aromatic N) is 1. The predicted octanol–water partition coefficient (Wildman–Crippen LogP) is 5.45. The first-order valence-corrected chi connectivity index (χ1v) is 10.6. The Morgan fingerprint density at radius 3 is 2.23 bits per heavy atom. The largest absolute Gasteiger partial charge is 0.494 e. The molecule has 0 aliphatic carbocycles. The maximum absolute atomic E-state index is 6.05. The summed E-state index contributed by atoms with van der Waals surface area (Å²) in [6, 6.07) is 20.2. The highest BCUT2D eigenvalue weighted by molar-refractivity contribution is 5.48. The van der Waals surface area contributed by atoms with E-state index >= 15 is 0 Å². The van der Waals surface area contributed by atoms with Gasteiger partial charge in [-0.2, -0.15) is 0 Å². The molecule has 5 heteroatoms. The van der Waals surface area contributed by atoms with E-state index in [1.54, 1.807) is 14.2 Å². The zero-order valence-corrected chi connectivity index (χ0v) is 18.4. The molecule has 0 N–H and O–H groups in total. The summed E-state index contributed by atoms with van der Waals surface area (Å²) in [5.41, 5.74) is 3.86. The molecule has 0 atom stereocenters. The topological polar surface area (TPSA) is 40.2 Å². The third-order valence-corrected chi connectivity index (χ3v) is 5.47. The highest BCUT2D eigenvalue weighted by Gasteiger charge is 2.19. The second kappa shape index (κ2) is 9.75. The maximum atomic E-state index is 6.05. The van der Waals surface area contributed by atoms with E-state index in [9.17, 15) is 0 Å². The zero-order chi connectivity index (χ0) is 21.6. The summed E-state index contributed by atoms with van der Waals surface area (Å²) in [5, 5.41) is 0. The normalized spacial score (nSPS) is 13.4. The van der Waals surface area contributed by atoms with Crippen LogP contribution in [0, 0.1) is 0 Å². The van der Waals surface area contributed by atoms with E-state index in [1.807, 2.05) is 43.3 Å². The average molecular weight is 420 g/mol. The molecule has 162 valence electrons. The van der Waals surface area contributed by atoms with Crippen LogP contribution in [-0.2, 0) is 19.5 Å². The Hall–Kier alpha value is -3.18. The van der Waals surface area contributed by atoms with Gasteiger partial charge in [0.2, 0.25) is 0 Å². The standard InChI is InChI=1S/C26H29NO4/c1-4-30-22-8-10-23(11-9-22)31-24-7-5-6-19(14-24)17-27-13-12-20-15-25(28-2)26(29-3)16-21(20)18-27/h5-11,14-16H,4,12-13,17-18H2,1-3H3. The Bertz CT molecular complexity index is 1020. The minimum atomic E-state index is 0.656. The van der Waals surface area contributed by atoms with Gasteiger partial charge in [-0.05, 0) is 78.6 Å². The lowest BCUT2D eigenvalue weighted by Gasteiger charge is -2.29. The van der Waals surface area contributed by atoms with Crippen molar-refractivity contribution in [1.29, 1.82) is 0 Å². The summed E-state index contributed by atoms with van der Waals surface area (Å²) in [4.78, 5) is 2.45. The Morgan fingerprint density at radius 2 is 1.52 bits per heavy atom. The predicted molar refractivity (Wildman–Crippen MR) is 121 cm³/mol. The number of hydrogen-bond acceptors (Lipinski definition) is 5. The molecule has 0 unspecified atom stereocenters. The van der Waals surface area contributed by atoms with E-state index in [1.165, 1.54) is 16.7 Å². The van der Waals surface area contributed by atoms with Crippen LogP contribution in [0.5, 0.6) is 28.7 Å². The van der Waals surface area contributed by atoms with Crippen molar-refractivity contribution in [3.63, 3.8) is 0 Å². The van der Waals surface area contributed by atoms with E-state index < -0.39 is 0 Å². The van der Waals surface area contributed by atoms with E-state index in [0.29, 0.717) is 6.61 Å². The molecule has 1 heterocycles. The molecule has 31 heavy (non-hydrogen) atoms. The van der Waals surface area contributed by atoms with Gasteiger partial charge < -0.3 is 18.9 Å². The summed E-state index contributed by atoms with van der Waals surface area (Å²) in [7, 11) is 3.36. The number of ether oxygens (including phenoxy) is 4. The van der Waals surface area contributed by atoms with Gasteiger partial charge in [-0.1, -0.05) is 12.1 Å². The van der Waals surface area contributed by atoms with Gasteiger partial charge in [-0.15, -0.1) is 0 Å². The molecule has 0 spiro atoms. The van der Waals surface area contributed by atoms with Gasteiger partial charge in [0.15, 0.2) is 11.5 Å². The van der Waals surface area contributed by atoms with Crippen LogP contribution in [0.3, 0.4) is 0 Å². The van der Waals surface area contributed by atoms with Crippen molar-refractivity contribution in [2.24, 2.45) is 0 Å². The first-order valence-electron chi connectivity index (χ1n) is 10.6. The van der Waals surface area contributed by atoms with Crippen molar-refractivity contribution in [1.82, 2.24) is 4.90 Å². The van der Waals surface area contributed by atoms with Gasteiger partial charge in [0.25, 0.3) is 0 Å². The average Bonchev–Trinajstić information content (AvgIpc) is 2.80. The highest BCUT2D eigenvalue weighted by Crippen LogP contribution is 2.34. The summed E-state index contributed by atoms with van der Waals surface area (Å²) in [6.07, 6.45) is 0.998. The number of fused-ring (bicyclic) bond motifs is 1. The Kier molecular flexibility index (Phi) is 6.63. The van der Waals surface area contributed by atoms with Gasteiger partial charge in [-0.3, -0.25) is 4.90 Å². The van der Waals surface area contributed by atoms with Crippen LogP contribution in [0.4, 0.5) is 0 Å². The third kappa shape index (κ3) is 5.12. The molecule has 1 aliphatic heterocycles. The third-order valence-electron chi connectivity index (χ3n) is 5.47. The lowest BCUT2D eigenvalue weighted by Crippen LogP contribution is -2.30. The Labute approximate surface area is 184 Å². The molecule has 0 radical (unpaired) electrons. The summed E-state index contributed by atoms with van der Waals surface area (Å²) < 4.78 is 22.5. The van der Waals surface area contributed by atoms with Crippen LogP contribution in [0.25, 0.3) is 0 Å². The molecule has 5 nitrogen and oxygen atoms in total. The summed E-state index contributed by atoms with van der Waals surface area (Å²) in [6.45, 7) is 5.40. The summed E-state index contributed by atoms with van der Waals surface area (Å²) in [5.74, 6) is 4.07. The molecule has 0 bridgehead atoms. The molecule has 0 fully saturated rings. The number of methoxy groups -OCH3 is 2. The fourth-order valence-corrected chi connectivity index (χ4v) is 3.95. The van der Waals surface area contributed by atoms with Crippen LogP contribution in [-0.4, -0.2) is 32.3 Å². The first kappa shape index (κ1) is 21.1. The van der Waals surface area contributed by atoms with E-state index in [4.69, 9.17) is 18.9 Å². The van der Waals surface area contributed by atoms with Gasteiger partial charge >= 0.3 is 0 Å². The first-order chi connectivity index (χ1) is 15.2. The van der Waals surface area contributed by atoms with Crippen molar-refractivity contribution in [3.8, 4) is 28.7 Å². The van der Waals surface area contributed by atoms with Crippen molar-refractivity contribution in [2.75, 3.05) is 27.4 Å². The fourth-order valence-electron chi connectivity index (χ4n) is 3.95. The molecule has 0 saturated heterocycles. The number of benzene rings is 3. The van der Waals surface area contributed by atoms with Crippen molar-refractivity contribution >= 4 is 0 Å². The van der Waals surface area contributed by atoms with Crippen LogP contribution < -0.4 is 18.9 Å². The molecule has 4 rings (SSSR count). The minimum absolute atomic E-state index is 0.656. The fraction of sp³-hybridized carbons (Fsp3) is 0.308. The molecule has 0 amide bonds. The molecule has 0 aromatic heterocycles. The smallest absolute Gasteiger partial charge is 0.161 e. The van der Waals surface area contributed by atoms with Gasteiger partial charge in [0, 0.05) is 19.6 Å².